The Labute approximate surface area is 182 Å². The van der Waals surface area contributed by atoms with Crippen LogP contribution in [0.1, 0.15) is 41.9 Å². The average molecular weight is 444 g/mol. The number of esters is 1. The second-order valence-electron chi connectivity index (χ2n) is 7.55. The second-order valence-corrected chi connectivity index (χ2v) is 8.45. The number of aryl methyl sites for hydroxylation is 1. The lowest BCUT2D eigenvalue weighted by atomic mass is 9.91. The molecule has 1 fully saturated rings. The van der Waals surface area contributed by atoms with Crippen LogP contribution in [0.5, 0.6) is 0 Å². The van der Waals surface area contributed by atoms with Gasteiger partial charge in [-0.15, -0.1) is 11.3 Å². The molecule has 0 radical (unpaired) electrons. The van der Waals surface area contributed by atoms with Gasteiger partial charge in [-0.25, -0.2) is 14.2 Å². The van der Waals surface area contributed by atoms with Crippen LogP contribution in [0, 0.1) is 18.7 Å². The van der Waals surface area contributed by atoms with Gasteiger partial charge in [-0.3, -0.25) is 9.79 Å². The highest BCUT2D eigenvalue weighted by Crippen LogP contribution is 2.43. The molecule has 0 spiro atoms. The van der Waals surface area contributed by atoms with Crippen LogP contribution in [0.3, 0.4) is 0 Å². The molecule has 1 aromatic carbocycles. The highest BCUT2D eigenvalue weighted by molar-refractivity contribution is 7.11. The maximum atomic E-state index is 13.8. The minimum absolute atomic E-state index is 0.0124. The molecule has 7 nitrogen and oxygen atoms in total. The van der Waals surface area contributed by atoms with E-state index in [2.05, 4.69) is 4.98 Å². The third-order valence-electron chi connectivity index (χ3n) is 5.45. The minimum Gasteiger partial charge on any atom is -0.481 e. The molecule has 31 heavy (non-hydrogen) atoms. The molecule has 0 aliphatic carbocycles. The van der Waals surface area contributed by atoms with E-state index < -0.39 is 18.0 Å². The van der Waals surface area contributed by atoms with Crippen LogP contribution < -0.4 is 0 Å². The number of aromatic nitrogens is 1. The smallest absolute Gasteiger partial charge is 0.338 e. The van der Waals surface area contributed by atoms with Crippen LogP contribution in [-0.2, 0) is 14.3 Å². The summed E-state index contributed by atoms with van der Waals surface area (Å²) in [5.74, 6) is -1.32. The number of thiazole rings is 1. The number of carbonyl (C=O) groups is 2. The summed E-state index contributed by atoms with van der Waals surface area (Å²) in [7, 11) is 0. The van der Waals surface area contributed by atoms with E-state index in [1.807, 2.05) is 10.3 Å². The average Bonchev–Trinajstić information content (AvgIpc) is 3.36. The number of benzene rings is 1. The highest BCUT2D eigenvalue weighted by Gasteiger charge is 2.42. The zero-order chi connectivity index (χ0) is 22.1. The molecule has 0 unspecified atom stereocenters. The summed E-state index contributed by atoms with van der Waals surface area (Å²) in [6.07, 6.45) is 2.08. The summed E-state index contributed by atoms with van der Waals surface area (Å²) in [4.78, 5) is 35.6. The predicted octanol–water partition coefficient (Wildman–Crippen LogP) is 3.71. The van der Waals surface area contributed by atoms with Crippen molar-refractivity contribution >= 4 is 29.1 Å². The van der Waals surface area contributed by atoms with Crippen LogP contribution in [0.2, 0.25) is 0 Å². The van der Waals surface area contributed by atoms with E-state index in [1.54, 1.807) is 26.1 Å². The Balaban J connectivity index is 1.89. The Hall–Kier alpha value is -3.07. The molecule has 1 saturated heterocycles. The Morgan fingerprint density at radius 1 is 1.39 bits per heavy atom. The third-order valence-corrected chi connectivity index (χ3v) is 6.22. The summed E-state index contributed by atoms with van der Waals surface area (Å²) < 4.78 is 19.1. The number of amidine groups is 1. The van der Waals surface area contributed by atoms with Gasteiger partial charge in [-0.05, 0) is 49.4 Å². The standard InChI is InChI=1S/C22H22FN3O4S/c1-3-30-22(29)18-16-9-13(10-17(27)28)11-26(16)20(21-24-6-7-31-21)25-19(18)15-5-4-14(23)8-12(15)2/h4-8,13,19H,3,9-11H2,1-2H3,(H,27,28)/t13-,19-/m0/s1. The quantitative estimate of drug-likeness (QED) is 0.685. The van der Waals surface area contributed by atoms with Gasteiger partial charge in [-0.1, -0.05) is 6.07 Å². The van der Waals surface area contributed by atoms with E-state index in [4.69, 9.17) is 9.73 Å². The fourth-order valence-corrected chi connectivity index (χ4v) is 4.84. The van der Waals surface area contributed by atoms with Crippen LogP contribution in [-0.4, -0.2) is 45.9 Å². The lowest BCUT2D eigenvalue weighted by Gasteiger charge is -2.32. The largest absolute Gasteiger partial charge is 0.481 e. The number of allylic oxidation sites excluding steroid dienone is 1. The van der Waals surface area contributed by atoms with Gasteiger partial charge in [0, 0.05) is 23.8 Å². The number of nitrogens with zero attached hydrogens (tertiary/aromatic N) is 3. The normalized spacial score (nSPS) is 20.5. The number of aliphatic imine (C=N–C) groups is 1. The summed E-state index contributed by atoms with van der Waals surface area (Å²) in [5.41, 5.74) is 2.46. The van der Waals surface area contributed by atoms with Gasteiger partial charge < -0.3 is 14.7 Å². The molecule has 0 bridgehead atoms. The van der Waals surface area contributed by atoms with E-state index >= 15 is 0 Å². The summed E-state index contributed by atoms with van der Waals surface area (Å²) in [5, 5.41) is 11.8. The van der Waals surface area contributed by atoms with Crippen molar-refractivity contribution in [2.24, 2.45) is 10.9 Å². The number of aliphatic carboxylic acids is 1. The molecule has 2 aliphatic rings. The zero-order valence-electron chi connectivity index (χ0n) is 17.2. The molecule has 2 atom stereocenters. The topological polar surface area (TPSA) is 92.1 Å². The second kappa shape index (κ2) is 8.58. The molecule has 0 amide bonds. The number of hydrogen-bond donors (Lipinski definition) is 1. The molecular formula is C22H22FN3O4S. The molecule has 162 valence electrons. The number of carboxylic acid groups (broad SMARTS) is 1. The van der Waals surface area contributed by atoms with Crippen molar-refractivity contribution in [3.8, 4) is 0 Å². The van der Waals surface area contributed by atoms with Gasteiger partial charge in [0.05, 0.1) is 18.6 Å². The maximum Gasteiger partial charge on any atom is 0.338 e. The molecule has 3 heterocycles. The van der Waals surface area contributed by atoms with Crippen LogP contribution in [0.4, 0.5) is 4.39 Å². The van der Waals surface area contributed by atoms with E-state index in [0.717, 1.165) is 0 Å². The highest BCUT2D eigenvalue weighted by atomic mass is 32.1. The Bertz CT molecular complexity index is 1080. The van der Waals surface area contributed by atoms with Crippen molar-refractivity contribution < 1.29 is 23.8 Å². The number of rotatable bonds is 6. The first-order chi connectivity index (χ1) is 14.9. The molecule has 2 aliphatic heterocycles. The number of halogens is 1. The van der Waals surface area contributed by atoms with Crippen molar-refractivity contribution in [1.82, 2.24) is 9.88 Å². The Kier molecular flexibility index (Phi) is 5.86. The third kappa shape index (κ3) is 4.10. The summed E-state index contributed by atoms with van der Waals surface area (Å²) in [6.45, 7) is 4.14. The lowest BCUT2D eigenvalue weighted by Crippen LogP contribution is -2.35. The number of carboxylic acids is 1. The number of fused-ring (bicyclic) bond motifs is 1. The predicted molar refractivity (Wildman–Crippen MR) is 113 cm³/mol. The van der Waals surface area contributed by atoms with Crippen molar-refractivity contribution in [2.45, 2.75) is 32.7 Å². The van der Waals surface area contributed by atoms with Crippen molar-refractivity contribution in [1.29, 1.82) is 0 Å². The first-order valence-electron chi connectivity index (χ1n) is 10.0. The van der Waals surface area contributed by atoms with Crippen molar-refractivity contribution in [3.63, 3.8) is 0 Å². The molecule has 0 saturated carbocycles. The molecular weight excluding hydrogens is 421 g/mol. The van der Waals surface area contributed by atoms with E-state index in [9.17, 15) is 19.1 Å². The molecule has 4 rings (SSSR count). The van der Waals surface area contributed by atoms with Crippen LogP contribution in [0.15, 0.2) is 46.0 Å². The first kappa shape index (κ1) is 21.2. The number of ether oxygens (including phenoxy) is 1. The summed E-state index contributed by atoms with van der Waals surface area (Å²) >= 11 is 1.42. The molecule has 9 heteroatoms. The number of hydrogen-bond acceptors (Lipinski definition) is 7. The van der Waals surface area contributed by atoms with Gasteiger partial charge in [-0.2, -0.15) is 0 Å². The fourth-order valence-electron chi connectivity index (χ4n) is 4.20. The van der Waals surface area contributed by atoms with E-state index in [0.29, 0.717) is 46.2 Å². The lowest BCUT2D eigenvalue weighted by molar-refractivity contribution is -0.139. The minimum atomic E-state index is -0.887. The van der Waals surface area contributed by atoms with Gasteiger partial charge in [0.25, 0.3) is 0 Å². The summed E-state index contributed by atoms with van der Waals surface area (Å²) in [6, 6.07) is 3.71. The monoisotopic (exact) mass is 443 g/mol. The SMILES string of the molecule is CCOC(=O)C1=C2C[C@@H](CC(=O)O)CN2C(c2nccs2)=N[C@H]1c1ccc(F)cc1C. The van der Waals surface area contributed by atoms with E-state index in [-0.39, 0.29) is 24.8 Å². The van der Waals surface area contributed by atoms with Crippen molar-refractivity contribution in [3.05, 3.63) is 63.0 Å². The van der Waals surface area contributed by atoms with E-state index in [1.165, 1.54) is 23.5 Å². The molecule has 1 aromatic heterocycles. The van der Waals surface area contributed by atoms with Gasteiger partial charge in [0.15, 0.2) is 10.8 Å². The fraction of sp³-hybridized carbons (Fsp3) is 0.364. The van der Waals surface area contributed by atoms with Crippen molar-refractivity contribution in [2.75, 3.05) is 13.2 Å². The van der Waals surface area contributed by atoms with Gasteiger partial charge in [0.1, 0.15) is 11.9 Å². The Morgan fingerprint density at radius 2 is 2.19 bits per heavy atom. The first-order valence-corrected chi connectivity index (χ1v) is 10.9. The van der Waals surface area contributed by atoms with Gasteiger partial charge in [0.2, 0.25) is 0 Å². The van der Waals surface area contributed by atoms with Crippen LogP contribution in [0.25, 0.3) is 0 Å². The number of carbonyl (C=O) groups excluding carboxylic acids is 1. The van der Waals surface area contributed by atoms with Gasteiger partial charge >= 0.3 is 11.9 Å². The molecule has 1 N–H and O–H groups in total. The maximum absolute atomic E-state index is 13.8. The Morgan fingerprint density at radius 3 is 2.84 bits per heavy atom. The molecule has 2 aromatic rings. The zero-order valence-corrected chi connectivity index (χ0v) is 18.0. The van der Waals surface area contributed by atoms with Crippen LogP contribution >= 0.6 is 11.3 Å².